The number of halogens is 2. The summed E-state index contributed by atoms with van der Waals surface area (Å²) in [6.07, 6.45) is 1.80. The minimum atomic E-state index is -3.71. The lowest BCUT2D eigenvalue weighted by Crippen LogP contribution is -2.39. The SMILES string of the molecule is CC1CCCN(S(=O)(=O)c2cc(Br)c(Cl)c(C(=O)O)c2)C1. The van der Waals surface area contributed by atoms with Crippen LogP contribution in [0.25, 0.3) is 0 Å². The molecule has 2 rings (SSSR count). The summed E-state index contributed by atoms with van der Waals surface area (Å²) in [7, 11) is -3.71. The van der Waals surface area contributed by atoms with Crippen LogP contribution in [0.3, 0.4) is 0 Å². The van der Waals surface area contributed by atoms with Crippen LogP contribution in [-0.2, 0) is 10.0 Å². The smallest absolute Gasteiger partial charge is 0.337 e. The summed E-state index contributed by atoms with van der Waals surface area (Å²) in [4.78, 5) is 11.1. The van der Waals surface area contributed by atoms with Crippen molar-refractivity contribution < 1.29 is 18.3 Å². The second-order valence-corrected chi connectivity index (χ2v) is 8.35. The first-order chi connectivity index (χ1) is 9.73. The maximum atomic E-state index is 12.6. The number of nitrogens with zero attached hydrogens (tertiary/aromatic N) is 1. The second-order valence-electron chi connectivity index (χ2n) is 5.18. The Kier molecular flexibility index (Phi) is 4.97. The normalized spacial score (nSPS) is 20.4. The van der Waals surface area contributed by atoms with E-state index in [1.54, 1.807) is 0 Å². The second kappa shape index (κ2) is 6.24. The molecule has 8 heteroatoms. The van der Waals surface area contributed by atoms with Gasteiger partial charge in [-0.2, -0.15) is 4.31 Å². The van der Waals surface area contributed by atoms with E-state index in [0.717, 1.165) is 18.9 Å². The molecule has 116 valence electrons. The fraction of sp³-hybridized carbons (Fsp3) is 0.462. The van der Waals surface area contributed by atoms with Crippen molar-refractivity contribution in [2.24, 2.45) is 5.92 Å². The van der Waals surface area contributed by atoms with Crippen LogP contribution in [0.15, 0.2) is 21.5 Å². The minimum Gasteiger partial charge on any atom is -0.478 e. The Morgan fingerprint density at radius 3 is 2.71 bits per heavy atom. The summed E-state index contributed by atoms with van der Waals surface area (Å²) in [6.45, 7) is 2.91. The molecule has 1 heterocycles. The maximum Gasteiger partial charge on any atom is 0.337 e. The number of piperidine rings is 1. The highest BCUT2D eigenvalue weighted by molar-refractivity contribution is 9.10. The van der Waals surface area contributed by atoms with Crippen LogP contribution in [0.4, 0.5) is 0 Å². The van der Waals surface area contributed by atoms with Gasteiger partial charge in [-0.15, -0.1) is 0 Å². The van der Waals surface area contributed by atoms with Gasteiger partial charge in [0.2, 0.25) is 10.0 Å². The van der Waals surface area contributed by atoms with Gasteiger partial charge in [0, 0.05) is 17.6 Å². The van der Waals surface area contributed by atoms with E-state index in [1.165, 1.54) is 10.4 Å². The van der Waals surface area contributed by atoms with Crippen molar-refractivity contribution in [1.29, 1.82) is 0 Å². The van der Waals surface area contributed by atoms with Crippen LogP contribution >= 0.6 is 27.5 Å². The van der Waals surface area contributed by atoms with Gasteiger partial charge >= 0.3 is 5.97 Å². The highest BCUT2D eigenvalue weighted by Crippen LogP contribution is 2.32. The Morgan fingerprint density at radius 2 is 2.14 bits per heavy atom. The molecule has 0 aromatic heterocycles. The first kappa shape index (κ1) is 16.7. The summed E-state index contributed by atoms with van der Waals surface area (Å²) in [6, 6.07) is 2.47. The number of hydrogen-bond acceptors (Lipinski definition) is 3. The van der Waals surface area contributed by atoms with Crippen molar-refractivity contribution in [2.45, 2.75) is 24.7 Å². The molecule has 1 aromatic rings. The van der Waals surface area contributed by atoms with Crippen molar-refractivity contribution in [3.63, 3.8) is 0 Å². The molecule has 1 aliphatic heterocycles. The molecule has 5 nitrogen and oxygen atoms in total. The van der Waals surface area contributed by atoms with Gasteiger partial charge in [-0.1, -0.05) is 18.5 Å². The molecule has 1 N–H and O–H groups in total. The van der Waals surface area contributed by atoms with Crippen LogP contribution in [-0.4, -0.2) is 36.9 Å². The van der Waals surface area contributed by atoms with Crippen molar-refractivity contribution in [3.8, 4) is 0 Å². The molecule has 1 aliphatic rings. The van der Waals surface area contributed by atoms with Gasteiger partial charge in [-0.05, 0) is 46.8 Å². The summed E-state index contributed by atoms with van der Waals surface area (Å²) >= 11 is 9.00. The number of carboxylic acids is 1. The van der Waals surface area contributed by atoms with E-state index in [9.17, 15) is 13.2 Å². The Bertz CT molecular complexity index is 677. The number of rotatable bonds is 3. The fourth-order valence-electron chi connectivity index (χ4n) is 2.38. The van der Waals surface area contributed by atoms with Gasteiger partial charge in [-0.3, -0.25) is 0 Å². The summed E-state index contributed by atoms with van der Waals surface area (Å²) in [5.74, 6) is -0.965. The molecule has 0 amide bonds. The molecule has 0 spiro atoms. The Morgan fingerprint density at radius 1 is 1.48 bits per heavy atom. The zero-order valence-electron chi connectivity index (χ0n) is 11.3. The zero-order chi connectivity index (χ0) is 15.8. The summed E-state index contributed by atoms with van der Waals surface area (Å²) in [5.41, 5.74) is -0.227. The van der Waals surface area contributed by atoms with Crippen molar-refractivity contribution >= 4 is 43.5 Å². The molecule has 0 bridgehead atoms. The standard InChI is InChI=1S/C13H15BrClNO4S/c1-8-3-2-4-16(7-8)21(19,20)9-5-10(13(17)18)12(15)11(14)6-9/h5-6,8H,2-4,7H2,1H3,(H,17,18). The molecule has 1 atom stereocenters. The quantitative estimate of drug-likeness (QED) is 0.851. The largest absolute Gasteiger partial charge is 0.478 e. The predicted octanol–water partition coefficient (Wildman–Crippen LogP) is 3.22. The topological polar surface area (TPSA) is 74.7 Å². The molecule has 1 unspecified atom stereocenters. The monoisotopic (exact) mass is 395 g/mol. The van der Waals surface area contributed by atoms with Crippen LogP contribution in [0, 0.1) is 5.92 Å². The lowest BCUT2D eigenvalue weighted by atomic mass is 10.0. The van der Waals surface area contributed by atoms with Gasteiger partial charge in [0.25, 0.3) is 0 Å². The summed E-state index contributed by atoms with van der Waals surface area (Å²) in [5, 5.41) is 9.11. The van der Waals surface area contributed by atoms with Crippen molar-refractivity contribution in [2.75, 3.05) is 13.1 Å². The van der Waals surface area contributed by atoms with Gasteiger partial charge < -0.3 is 5.11 Å². The number of carboxylic acid groups (broad SMARTS) is 1. The highest BCUT2D eigenvalue weighted by atomic mass is 79.9. The molecule has 21 heavy (non-hydrogen) atoms. The van der Waals surface area contributed by atoms with Crippen molar-refractivity contribution in [3.05, 3.63) is 27.2 Å². The number of sulfonamides is 1. The van der Waals surface area contributed by atoms with E-state index < -0.39 is 16.0 Å². The predicted molar refractivity (Wildman–Crippen MR) is 83.3 cm³/mol. The van der Waals surface area contributed by atoms with Crippen LogP contribution in [0.5, 0.6) is 0 Å². The van der Waals surface area contributed by atoms with E-state index in [4.69, 9.17) is 16.7 Å². The van der Waals surface area contributed by atoms with E-state index in [0.29, 0.717) is 19.0 Å². The maximum absolute atomic E-state index is 12.6. The van der Waals surface area contributed by atoms with E-state index in [-0.39, 0.29) is 20.0 Å². The van der Waals surface area contributed by atoms with Gasteiger partial charge in [0.1, 0.15) is 0 Å². The van der Waals surface area contributed by atoms with Crippen LogP contribution < -0.4 is 0 Å². The number of aromatic carboxylic acids is 1. The molecular formula is C13H15BrClNO4S. The van der Waals surface area contributed by atoms with Crippen LogP contribution in [0.1, 0.15) is 30.1 Å². The molecule has 1 fully saturated rings. The summed E-state index contributed by atoms with van der Waals surface area (Å²) < 4.78 is 26.9. The van der Waals surface area contributed by atoms with E-state index in [1.807, 2.05) is 6.92 Å². The zero-order valence-corrected chi connectivity index (χ0v) is 14.5. The molecule has 1 saturated heterocycles. The first-order valence-corrected chi connectivity index (χ1v) is 9.07. The highest BCUT2D eigenvalue weighted by Gasteiger charge is 2.30. The molecule has 0 radical (unpaired) electrons. The Balaban J connectivity index is 2.47. The Labute approximate surface area is 137 Å². The van der Waals surface area contributed by atoms with Crippen molar-refractivity contribution in [1.82, 2.24) is 4.31 Å². The third kappa shape index (κ3) is 3.41. The molecule has 1 aromatic carbocycles. The van der Waals surface area contributed by atoms with Gasteiger partial charge in [0.05, 0.1) is 15.5 Å². The Hall–Kier alpha value is -0.630. The number of benzene rings is 1. The number of hydrogen-bond donors (Lipinski definition) is 1. The fourth-order valence-corrected chi connectivity index (χ4v) is 4.84. The lowest BCUT2D eigenvalue weighted by molar-refractivity contribution is 0.0696. The van der Waals surface area contributed by atoms with E-state index in [2.05, 4.69) is 15.9 Å². The number of carbonyl (C=O) groups is 1. The molecule has 0 saturated carbocycles. The van der Waals surface area contributed by atoms with Crippen LogP contribution in [0.2, 0.25) is 5.02 Å². The molecular weight excluding hydrogens is 382 g/mol. The average molecular weight is 397 g/mol. The third-order valence-electron chi connectivity index (χ3n) is 3.49. The van der Waals surface area contributed by atoms with E-state index >= 15 is 0 Å². The molecule has 0 aliphatic carbocycles. The van der Waals surface area contributed by atoms with Gasteiger partial charge in [-0.25, -0.2) is 13.2 Å². The average Bonchev–Trinajstić information content (AvgIpc) is 2.41. The third-order valence-corrected chi connectivity index (χ3v) is 6.59. The van der Waals surface area contributed by atoms with Gasteiger partial charge in [0.15, 0.2) is 0 Å². The minimum absolute atomic E-state index is 0.00605. The lowest BCUT2D eigenvalue weighted by Gasteiger charge is -2.30. The first-order valence-electron chi connectivity index (χ1n) is 6.46.